The first kappa shape index (κ1) is 33.1. The first-order chi connectivity index (χ1) is 20.6. The van der Waals surface area contributed by atoms with Crippen LogP contribution < -0.4 is 14.7 Å². The van der Waals surface area contributed by atoms with Crippen molar-refractivity contribution in [2.45, 2.75) is 85.5 Å². The molecule has 0 fully saturated rings. The van der Waals surface area contributed by atoms with Crippen molar-refractivity contribution in [2.75, 3.05) is 54.5 Å². The Balaban J connectivity index is 2.03. The first-order valence-corrected chi connectivity index (χ1v) is 16.5. The smallest absolute Gasteiger partial charge is 0.0640 e. The molecule has 3 aromatic rings. The average molecular weight is 567 g/mol. The third-order valence-corrected chi connectivity index (χ3v) is 8.20. The standard InChI is InChI=1S/C38H54N4/c1-6-10-28-41(29-11-7-2)34-22-18-32(19-23-34)36-16-14-17-37(40(5)27-15-26-39)38(36)33-20-24-35(25-21-33)42(30-12-8-3)31-13-9-4/h14,16-25H,6-13,15,27-31H2,1-5H3. The summed E-state index contributed by atoms with van der Waals surface area (Å²) in [4.78, 5) is 7.33. The number of benzene rings is 3. The number of hydrogen-bond acceptors (Lipinski definition) is 4. The normalized spacial score (nSPS) is 10.9. The second kappa shape index (κ2) is 18.2. The van der Waals surface area contributed by atoms with Gasteiger partial charge in [0.15, 0.2) is 0 Å². The lowest BCUT2D eigenvalue weighted by Crippen LogP contribution is -2.25. The number of rotatable bonds is 19. The van der Waals surface area contributed by atoms with E-state index in [0.29, 0.717) is 13.0 Å². The van der Waals surface area contributed by atoms with Gasteiger partial charge < -0.3 is 14.7 Å². The molecule has 0 saturated heterocycles. The molecule has 0 aliphatic rings. The zero-order valence-corrected chi connectivity index (χ0v) is 27.0. The first-order valence-electron chi connectivity index (χ1n) is 16.5. The molecule has 3 aromatic carbocycles. The Morgan fingerprint density at radius 1 is 0.571 bits per heavy atom. The summed E-state index contributed by atoms with van der Waals surface area (Å²) in [6.07, 6.45) is 10.2. The molecule has 0 spiro atoms. The highest BCUT2D eigenvalue weighted by Crippen LogP contribution is 2.40. The van der Waals surface area contributed by atoms with E-state index in [-0.39, 0.29) is 0 Å². The quantitative estimate of drug-likeness (QED) is 0.145. The SMILES string of the molecule is CCCCN(CCCC)c1ccc(-c2cccc(N(C)CCC#N)c2-c2ccc(N(CCCC)CCCC)cc2)cc1. The highest BCUT2D eigenvalue weighted by molar-refractivity contribution is 5.93. The van der Waals surface area contributed by atoms with Gasteiger partial charge in [0, 0.05) is 62.4 Å². The molecular weight excluding hydrogens is 512 g/mol. The fraction of sp³-hybridized carbons (Fsp3) is 0.500. The molecular formula is C38H54N4. The fourth-order valence-electron chi connectivity index (χ4n) is 5.57. The van der Waals surface area contributed by atoms with E-state index in [1.807, 2.05) is 0 Å². The number of nitrogens with zero attached hydrogens (tertiary/aromatic N) is 4. The van der Waals surface area contributed by atoms with Crippen molar-refractivity contribution < 1.29 is 0 Å². The number of hydrogen-bond donors (Lipinski definition) is 0. The molecule has 0 unspecified atom stereocenters. The second-order valence-electron chi connectivity index (χ2n) is 11.5. The van der Waals surface area contributed by atoms with E-state index in [9.17, 15) is 5.26 Å². The molecule has 3 rings (SSSR count). The molecule has 0 aliphatic heterocycles. The van der Waals surface area contributed by atoms with Crippen LogP contribution in [0.15, 0.2) is 66.7 Å². The molecule has 0 heterocycles. The third-order valence-electron chi connectivity index (χ3n) is 8.20. The summed E-state index contributed by atoms with van der Waals surface area (Å²) in [5, 5.41) is 9.28. The van der Waals surface area contributed by atoms with Gasteiger partial charge in [0.2, 0.25) is 0 Å². The van der Waals surface area contributed by atoms with Crippen LogP contribution in [0.1, 0.15) is 85.5 Å². The Labute approximate surface area is 257 Å². The molecule has 0 N–H and O–H groups in total. The molecule has 226 valence electrons. The van der Waals surface area contributed by atoms with Crippen molar-refractivity contribution in [3.8, 4) is 28.3 Å². The number of nitriles is 1. The predicted octanol–water partition coefficient (Wildman–Crippen LogP) is 10.2. The van der Waals surface area contributed by atoms with Gasteiger partial charge >= 0.3 is 0 Å². The Kier molecular flexibility index (Phi) is 14.3. The topological polar surface area (TPSA) is 33.5 Å². The molecule has 4 heteroatoms. The van der Waals surface area contributed by atoms with Crippen molar-refractivity contribution in [3.63, 3.8) is 0 Å². The minimum Gasteiger partial charge on any atom is -0.373 e. The minimum absolute atomic E-state index is 0.503. The van der Waals surface area contributed by atoms with Crippen LogP contribution in [0.4, 0.5) is 17.1 Å². The fourth-order valence-corrected chi connectivity index (χ4v) is 5.57. The van der Waals surface area contributed by atoms with Crippen molar-refractivity contribution in [1.29, 1.82) is 5.26 Å². The highest BCUT2D eigenvalue weighted by atomic mass is 15.1. The summed E-state index contributed by atoms with van der Waals surface area (Å²) >= 11 is 0. The minimum atomic E-state index is 0.503. The molecule has 0 aliphatic carbocycles. The Morgan fingerprint density at radius 2 is 1.02 bits per heavy atom. The van der Waals surface area contributed by atoms with Gasteiger partial charge in [-0.2, -0.15) is 5.26 Å². The Morgan fingerprint density at radius 3 is 1.45 bits per heavy atom. The van der Waals surface area contributed by atoms with Crippen LogP contribution in [0.3, 0.4) is 0 Å². The predicted molar refractivity (Wildman–Crippen MR) is 185 cm³/mol. The van der Waals surface area contributed by atoms with Crippen LogP contribution in [0.25, 0.3) is 22.3 Å². The van der Waals surface area contributed by atoms with E-state index in [1.54, 1.807) is 0 Å². The summed E-state index contributed by atoms with van der Waals surface area (Å²) in [5.41, 5.74) is 8.70. The van der Waals surface area contributed by atoms with Gasteiger partial charge in [-0.05, 0) is 72.7 Å². The molecule has 0 aromatic heterocycles. The van der Waals surface area contributed by atoms with Crippen molar-refractivity contribution in [1.82, 2.24) is 0 Å². The Hall–Kier alpha value is -3.45. The molecule has 0 radical (unpaired) electrons. The van der Waals surface area contributed by atoms with E-state index in [0.717, 1.165) is 26.2 Å². The molecule has 4 nitrogen and oxygen atoms in total. The highest BCUT2D eigenvalue weighted by Gasteiger charge is 2.17. The summed E-state index contributed by atoms with van der Waals surface area (Å²) in [6, 6.07) is 27.3. The van der Waals surface area contributed by atoms with E-state index in [2.05, 4.69) is 122 Å². The van der Waals surface area contributed by atoms with E-state index >= 15 is 0 Å². The van der Waals surface area contributed by atoms with E-state index in [1.165, 1.54) is 90.7 Å². The van der Waals surface area contributed by atoms with Gasteiger partial charge in [-0.25, -0.2) is 0 Å². The second-order valence-corrected chi connectivity index (χ2v) is 11.5. The van der Waals surface area contributed by atoms with Crippen molar-refractivity contribution in [3.05, 3.63) is 66.7 Å². The lowest BCUT2D eigenvalue weighted by molar-refractivity contribution is 0.678. The monoisotopic (exact) mass is 566 g/mol. The van der Waals surface area contributed by atoms with Gasteiger partial charge in [0.25, 0.3) is 0 Å². The number of unbranched alkanes of at least 4 members (excludes halogenated alkanes) is 4. The molecule has 0 amide bonds. The maximum absolute atomic E-state index is 9.28. The van der Waals surface area contributed by atoms with Gasteiger partial charge in [-0.3, -0.25) is 0 Å². The van der Waals surface area contributed by atoms with Crippen LogP contribution in [-0.4, -0.2) is 39.8 Å². The lowest BCUT2D eigenvalue weighted by Gasteiger charge is -2.27. The van der Waals surface area contributed by atoms with Crippen LogP contribution >= 0.6 is 0 Å². The Bertz CT molecular complexity index is 1190. The van der Waals surface area contributed by atoms with Crippen LogP contribution in [0.5, 0.6) is 0 Å². The maximum Gasteiger partial charge on any atom is 0.0640 e. The van der Waals surface area contributed by atoms with Gasteiger partial charge in [-0.1, -0.05) is 89.8 Å². The number of anilines is 3. The zero-order valence-electron chi connectivity index (χ0n) is 27.0. The summed E-state index contributed by atoms with van der Waals surface area (Å²) in [6.45, 7) is 14.2. The van der Waals surface area contributed by atoms with E-state index in [4.69, 9.17) is 0 Å². The maximum atomic E-state index is 9.28. The van der Waals surface area contributed by atoms with Crippen LogP contribution in [-0.2, 0) is 0 Å². The average Bonchev–Trinajstić information content (AvgIpc) is 3.03. The zero-order chi connectivity index (χ0) is 30.2. The molecule has 42 heavy (non-hydrogen) atoms. The molecule has 0 atom stereocenters. The summed E-state index contributed by atoms with van der Waals surface area (Å²) in [7, 11) is 2.11. The van der Waals surface area contributed by atoms with Crippen LogP contribution in [0.2, 0.25) is 0 Å². The van der Waals surface area contributed by atoms with Crippen molar-refractivity contribution in [2.24, 2.45) is 0 Å². The van der Waals surface area contributed by atoms with Crippen molar-refractivity contribution >= 4 is 17.1 Å². The largest absolute Gasteiger partial charge is 0.373 e. The van der Waals surface area contributed by atoms with Crippen LogP contribution in [0, 0.1) is 11.3 Å². The summed E-state index contributed by atoms with van der Waals surface area (Å²) < 4.78 is 0. The summed E-state index contributed by atoms with van der Waals surface area (Å²) in [5.74, 6) is 0. The third kappa shape index (κ3) is 9.28. The van der Waals surface area contributed by atoms with Gasteiger partial charge in [0.1, 0.15) is 0 Å². The van der Waals surface area contributed by atoms with Gasteiger partial charge in [-0.15, -0.1) is 0 Å². The van der Waals surface area contributed by atoms with Gasteiger partial charge in [0.05, 0.1) is 12.5 Å². The lowest BCUT2D eigenvalue weighted by atomic mass is 9.92. The van der Waals surface area contributed by atoms with E-state index < -0.39 is 0 Å². The molecule has 0 bridgehead atoms. The molecule has 0 saturated carbocycles.